The Kier molecular flexibility index (Phi) is 4.39. The SMILES string of the molecule is COCC(C)(C)Nc1ccnc(C(=O)OC)n1. The van der Waals surface area contributed by atoms with Crippen molar-refractivity contribution >= 4 is 11.8 Å². The van der Waals surface area contributed by atoms with E-state index in [1.165, 1.54) is 13.3 Å². The normalized spacial score (nSPS) is 11.1. The number of anilines is 1. The van der Waals surface area contributed by atoms with Crippen LogP contribution in [0, 0.1) is 0 Å². The van der Waals surface area contributed by atoms with Gasteiger partial charge in [0.15, 0.2) is 0 Å². The van der Waals surface area contributed by atoms with Crippen molar-refractivity contribution in [3.63, 3.8) is 0 Å². The third-order valence-electron chi connectivity index (χ3n) is 2.00. The molecule has 0 saturated carbocycles. The maximum absolute atomic E-state index is 11.3. The summed E-state index contributed by atoms with van der Waals surface area (Å²) in [6.07, 6.45) is 1.50. The molecule has 0 amide bonds. The summed E-state index contributed by atoms with van der Waals surface area (Å²) in [7, 11) is 2.92. The first-order valence-electron chi connectivity index (χ1n) is 5.17. The van der Waals surface area contributed by atoms with Crippen molar-refractivity contribution in [2.24, 2.45) is 0 Å². The highest BCUT2D eigenvalue weighted by atomic mass is 16.5. The maximum atomic E-state index is 11.3. The highest BCUT2D eigenvalue weighted by Crippen LogP contribution is 2.12. The molecule has 0 fully saturated rings. The molecule has 1 N–H and O–H groups in total. The van der Waals surface area contributed by atoms with Gasteiger partial charge in [0.1, 0.15) is 5.82 Å². The number of hydrogen-bond donors (Lipinski definition) is 1. The second-order valence-corrected chi connectivity index (χ2v) is 4.20. The largest absolute Gasteiger partial charge is 0.463 e. The molecule has 6 nitrogen and oxygen atoms in total. The molecule has 1 rings (SSSR count). The predicted octanol–water partition coefficient (Wildman–Crippen LogP) is 1.10. The lowest BCUT2D eigenvalue weighted by molar-refractivity contribution is 0.0586. The van der Waals surface area contributed by atoms with Crippen LogP contribution < -0.4 is 5.32 Å². The van der Waals surface area contributed by atoms with Gasteiger partial charge < -0.3 is 14.8 Å². The summed E-state index contributed by atoms with van der Waals surface area (Å²) < 4.78 is 9.63. The van der Waals surface area contributed by atoms with E-state index in [2.05, 4.69) is 20.0 Å². The molecule has 17 heavy (non-hydrogen) atoms. The van der Waals surface area contributed by atoms with Gasteiger partial charge in [0, 0.05) is 13.3 Å². The van der Waals surface area contributed by atoms with Crippen molar-refractivity contribution in [2.45, 2.75) is 19.4 Å². The number of nitrogens with zero attached hydrogens (tertiary/aromatic N) is 2. The number of esters is 1. The van der Waals surface area contributed by atoms with Crippen LogP contribution in [0.25, 0.3) is 0 Å². The summed E-state index contributed by atoms with van der Waals surface area (Å²) in [6.45, 7) is 4.46. The Hall–Kier alpha value is -1.69. The third kappa shape index (κ3) is 3.99. The zero-order valence-electron chi connectivity index (χ0n) is 10.5. The van der Waals surface area contributed by atoms with Crippen molar-refractivity contribution < 1.29 is 14.3 Å². The molecule has 1 aromatic rings. The second-order valence-electron chi connectivity index (χ2n) is 4.20. The van der Waals surface area contributed by atoms with Crippen LogP contribution in [0.5, 0.6) is 0 Å². The van der Waals surface area contributed by atoms with Crippen LogP contribution in [-0.2, 0) is 9.47 Å². The first-order valence-corrected chi connectivity index (χ1v) is 5.17. The van der Waals surface area contributed by atoms with Crippen molar-refractivity contribution in [1.29, 1.82) is 0 Å². The molecule has 1 heterocycles. The van der Waals surface area contributed by atoms with E-state index in [1.54, 1.807) is 13.2 Å². The minimum absolute atomic E-state index is 0.0331. The van der Waals surface area contributed by atoms with E-state index in [1.807, 2.05) is 13.8 Å². The fraction of sp³-hybridized carbons (Fsp3) is 0.545. The standard InChI is InChI=1S/C11H17N3O3/c1-11(2,7-16-3)14-8-5-6-12-9(13-8)10(15)17-4/h5-6H,7H2,1-4H3,(H,12,13,14). The van der Waals surface area contributed by atoms with Crippen LogP contribution in [0.1, 0.15) is 24.5 Å². The van der Waals surface area contributed by atoms with E-state index in [-0.39, 0.29) is 11.4 Å². The average Bonchev–Trinajstić information content (AvgIpc) is 2.27. The fourth-order valence-corrected chi connectivity index (χ4v) is 1.36. The minimum Gasteiger partial charge on any atom is -0.463 e. The summed E-state index contributed by atoms with van der Waals surface area (Å²) in [5, 5.41) is 3.15. The van der Waals surface area contributed by atoms with Gasteiger partial charge in [-0.2, -0.15) is 0 Å². The summed E-state index contributed by atoms with van der Waals surface area (Å²) in [6, 6.07) is 1.68. The molecule has 94 valence electrons. The van der Waals surface area contributed by atoms with Gasteiger partial charge in [-0.25, -0.2) is 14.8 Å². The molecule has 0 spiro atoms. The molecule has 1 aromatic heterocycles. The summed E-state index contributed by atoms with van der Waals surface area (Å²) in [5.74, 6) is 0.0337. The Balaban J connectivity index is 2.82. The van der Waals surface area contributed by atoms with Crippen molar-refractivity contribution in [1.82, 2.24) is 9.97 Å². The molecule has 0 aliphatic rings. The van der Waals surface area contributed by atoms with Crippen LogP contribution in [-0.4, -0.2) is 42.3 Å². The number of rotatable bonds is 5. The summed E-state index contributed by atoms with van der Waals surface area (Å²) in [4.78, 5) is 19.1. The molecule has 0 bridgehead atoms. The summed E-state index contributed by atoms with van der Waals surface area (Å²) >= 11 is 0. The van der Waals surface area contributed by atoms with E-state index < -0.39 is 5.97 Å². The lowest BCUT2D eigenvalue weighted by Gasteiger charge is -2.25. The van der Waals surface area contributed by atoms with E-state index >= 15 is 0 Å². The lowest BCUT2D eigenvalue weighted by atomic mass is 10.1. The number of methoxy groups -OCH3 is 2. The second kappa shape index (κ2) is 5.58. The zero-order valence-corrected chi connectivity index (χ0v) is 10.5. The van der Waals surface area contributed by atoms with Crippen LogP contribution >= 0.6 is 0 Å². The van der Waals surface area contributed by atoms with Gasteiger partial charge in [-0.15, -0.1) is 0 Å². The Morgan fingerprint density at radius 1 is 1.47 bits per heavy atom. The first kappa shape index (κ1) is 13.4. The van der Waals surface area contributed by atoms with Crippen LogP contribution in [0.3, 0.4) is 0 Å². The molecule has 0 atom stereocenters. The monoisotopic (exact) mass is 239 g/mol. The molecule has 0 radical (unpaired) electrons. The van der Waals surface area contributed by atoms with Gasteiger partial charge in [0.2, 0.25) is 5.82 Å². The lowest BCUT2D eigenvalue weighted by Crippen LogP contribution is -2.36. The van der Waals surface area contributed by atoms with E-state index in [9.17, 15) is 4.79 Å². The van der Waals surface area contributed by atoms with Gasteiger partial charge in [-0.05, 0) is 19.9 Å². The number of hydrogen-bond acceptors (Lipinski definition) is 6. The first-order chi connectivity index (χ1) is 7.98. The number of aromatic nitrogens is 2. The molecule has 0 aliphatic carbocycles. The van der Waals surface area contributed by atoms with Gasteiger partial charge in [-0.3, -0.25) is 0 Å². The van der Waals surface area contributed by atoms with E-state index in [4.69, 9.17) is 4.74 Å². The molecule has 0 aromatic carbocycles. The van der Waals surface area contributed by atoms with Gasteiger partial charge in [-0.1, -0.05) is 0 Å². The predicted molar refractivity (Wildman–Crippen MR) is 62.9 cm³/mol. The van der Waals surface area contributed by atoms with E-state index in [0.29, 0.717) is 12.4 Å². The number of carbonyl (C=O) groups is 1. The number of nitrogens with one attached hydrogen (secondary N) is 1. The highest BCUT2D eigenvalue weighted by molar-refractivity contribution is 5.85. The van der Waals surface area contributed by atoms with Crippen molar-refractivity contribution in [2.75, 3.05) is 26.1 Å². The van der Waals surface area contributed by atoms with Gasteiger partial charge in [0.05, 0.1) is 19.3 Å². The van der Waals surface area contributed by atoms with Crippen LogP contribution in [0.2, 0.25) is 0 Å². The van der Waals surface area contributed by atoms with Crippen LogP contribution in [0.15, 0.2) is 12.3 Å². The molecule has 0 saturated heterocycles. The minimum atomic E-state index is -0.557. The molecule has 6 heteroatoms. The topological polar surface area (TPSA) is 73.3 Å². The zero-order chi connectivity index (χ0) is 12.9. The third-order valence-corrected chi connectivity index (χ3v) is 2.00. The van der Waals surface area contributed by atoms with Crippen molar-refractivity contribution in [3.8, 4) is 0 Å². The Labute approximate surface area is 100 Å². The molecule has 0 aliphatic heterocycles. The van der Waals surface area contributed by atoms with Crippen molar-refractivity contribution in [3.05, 3.63) is 18.1 Å². The Morgan fingerprint density at radius 3 is 2.76 bits per heavy atom. The molecule has 0 unspecified atom stereocenters. The smallest absolute Gasteiger partial charge is 0.376 e. The number of carbonyl (C=O) groups excluding carboxylic acids is 1. The van der Waals surface area contributed by atoms with Crippen LogP contribution in [0.4, 0.5) is 5.82 Å². The van der Waals surface area contributed by atoms with E-state index in [0.717, 1.165) is 0 Å². The maximum Gasteiger partial charge on any atom is 0.376 e. The molecular formula is C11H17N3O3. The summed E-state index contributed by atoms with van der Waals surface area (Å²) in [5.41, 5.74) is -0.281. The average molecular weight is 239 g/mol. The Bertz CT molecular complexity index is 393. The quantitative estimate of drug-likeness (QED) is 0.776. The highest BCUT2D eigenvalue weighted by Gasteiger charge is 2.18. The molecular weight excluding hydrogens is 222 g/mol. The number of ether oxygens (including phenoxy) is 2. The fourth-order valence-electron chi connectivity index (χ4n) is 1.36. The van der Waals surface area contributed by atoms with Gasteiger partial charge >= 0.3 is 5.97 Å². The van der Waals surface area contributed by atoms with Gasteiger partial charge in [0.25, 0.3) is 0 Å². The Morgan fingerprint density at radius 2 is 2.18 bits per heavy atom.